The first-order chi connectivity index (χ1) is 8.45. The van der Waals surface area contributed by atoms with Crippen LogP contribution in [0.4, 0.5) is 0 Å². The summed E-state index contributed by atoms with van der Waals surface area (Å²) < 4.78 is 4.68. The third-order valence-corrected chi connectivity index (χ3v) is 2.33. The largest absolute Gasteiger partial charge is 0.478 e. The van der Waals surface area contributed by atoms with Gasteiger partial charge in [0.2, 0.25) is 0 Å². The normalized spacial score (nSPS) is 9.28. The molecule has 0 atom stereocenters. The summed E-state index contributed by atoms with van der Waals surface area (Å²) in [7, 11) is 0. The minimum Gasteiger partial charge on any atom is -0.478 e. The molecule has 0 aliphatic heterocycles. The maximum Gasteiger partial charge on any atom is 0.384 e. The summed E-state index contributed by atoms with van der Waals surface area (Å²) >= 11 is 0. The number of hydrogen-bond donors (Lipinski definition) is 1. The molecule has 0 aliphatic carbocycles. The first kappa shape index (κ1) is 13.8. The van der Waals surface area contributed by atoms with Gasteiger partial charge in [-0.3, -0.25) is 0 Å². The number of esters is 1. The number of carboxylic acid groups (broad SMARTS) is 1. The van der Waals surface area contributed by atoms with Gasteiger partial charge in [-0.15, -0.1) is 0 Å². The van der Waals surface area contributed by atoms with Crippen LogP contribution >= 0.6 is 0 Å². The Labute approximate surface area is 106 Å². The first-order valence-corrected chi connectivity index (χ1v) is 5.49. The van der Waals surface area contributed by atoms with Crippen LogP contribution in [-0.4, -0.2) is 23.7 Å². The van der Waals surface area contributed by atoms with Crippen LogP contribution in [0, 0.1) is 25.7 Å². The van der Waals surface area contributed by atoms with E-state index < -0.39 is 11.9 Å². The molecule has 0 bridgehead atoms. The van der Waals surface area contributed by atoms with Gasteiger partial charge in [0.05, 0.1) is 12.2 Å². The molecule has 1 aromatic carbocycles. The molecule has 0 heterocycles. The highest BCUT2D eigenvalue weighted by atomic mass is 16.5. The number of aryl methyl sites for hydroxylation is 2. The Balaban J connectivity index is 3.07. The molecule has 0 unspecified atom stereocenters. The number of rotatable bonds is 2. The van der Waals surface area contributed by atoms with Crippen molar-refractivity contribution in [2.75, 3.05) is 6.61 Å². The summed E-state index contributed by atoms with van der Waals surface area (Å²) in [6, 6.07) is 3.28. The van der Waals surface area contributed by atoms with Crippen molar-refractivity contribution in [1.82, 2.24) is 0 Å². The van der Waals surface area contributed by atoms with Crippen LogP contribution in [0.2, 0.25) is 0 Å². The van der Waals surface area contributed by atoms with Gasteiger partial charge < -0.3 is 9.84 Å². The fourth-order valence-electron chi connectivity index (χ4n) is 1.66. The van der Waals surface area contributed by atoms with E-state index in [0.29, 0.717) is 16.7 Å². The van der Waals surface area contributed by atoms with Crippen LogP contribution in [0.1, 0.15) is 34.0 Å². The van der Waals surface area contributed by atoms with Crippen molar-refractivity contribution in [3.8, 4) is 11.8 Å². The standard InChI is InChI=1S/C14H14O4/c1-4-18-12(15)6-5-11-7-9(2)13(14(16)17)10(3)8-11/h7-8H,4H2,1-3H3,(H,16,17). The molecule has 0 radical (unpaired) electrons. The van der Waals surface area contributed by atoms with Gasteiger partial charge in [0.25, 0.3) is 0 Å². The van der Waals surface area contributed by atoms with Crippen molar-refractivity contribution in [3.63, 3.8) is 0 Å². The zero-order chi connectivity index (χ0) is 13.7. The van der Waals surface area contributed by atoms with Gasteiger partial charge in [-0.2, -0.15) is 0 Å². The number of ether oxygens (including phenoxy) is 1. The van der Waals surface area contributed by atoms with Gasteiger partial charge in [0.15, 0.2) is 0 Å². The maximum atomic E-state index is 11.1. The van der Waals surface area contributed by atoms with Crippen LogP contribution in [0.15, 0.2) is 12.1 Å². The monoisotopic (exact) mass is 246 g/mol. The van der Waals surface area contributed by atoms with E-state index in [4.69, 9.17) is 5.11 Å². The Morgan fingerprint density at radius 1 is 1.28 bits per heavy atom. The molecule has 1 aromatic rings. The van der Waals surface area contributed by atoms with Crippen molar-refractivity contribution in [2.24, 2.45) is 0 Å². The number of carboxylic acids is 1. The molecule has 0 amide bonds. The Morgan fingerprint density at radius 3 is 2.28 bits per heavy atom. The van der Waals surface area contributed by atoms with E-state index in [2.05, 4.69) is 16.6 Å². The molecule has 1 N–H and O–H groups in total. The zero-order valence-electron chi connectivity index (χ0n) is 10.5. The van der Waals surface area contributed by atoms with Gasteiger partial charge in [-0.25, -0.2) is 9.59 Å². The topological polar surface area (TPSA) is 63.6 Å². The first-order valence-electron chi connectivity index (χ1n) is 5.49. The average molecular weight is 246 g/mol. The van der Waals surface area contributed by atoms with Crippen molar-refractivity contribution in [3.05, 3.63) is 34.4 Å². The molecule has 94 valence electrons. The Kier molecular flexibility index (Phi) is 4.50. The lowest BCUT2D eigenvalue weighted by Crippen LogP contribution is -2.03. The average Bonchev–Trinajstić information content (AvgIpc) is 2.25. The molecule has 0 fully saturated rings. The molecule has 0 aliphatic rings. The highest BCUT2D eigenvalue weighted by Gasteiger charge is 2.11. The van der Waals surface area contributed by atoms with E-state index >= 15 is 0 Å². The molecule has 0 aromatic heterocycles. The summed E-state index contributed by atoms with van der Waals surface area (Å²) in [5, 5.41) is 9.02. The zero-order valence-corrected chi connectivity index (χ0v) is 10.5. The van der Waals surface area contributed by atoms with Crippen LogP contribution in [0.25, 0.3) is 0 Å². The second-order valence-electron chi connectivity index (χ2n) is 3.76. The minimum absolute atomic E-state index is 0.275. The fraction of sp³-hybridized carbons (Fsp3) is 0.286. The summed E-state index contributed by atoms with van der Waals surface area (Å²) in [5.74, 6) is 3.45. The third-order valence-electron chi connectivity index (χ3n) is 2.33. The lowest BCUT2D eigenvalue weighted by Gasteiger charge is -2.05. The molecule has 0 spiro atoms. The van der Waals surface area contributed by atoms with Crippen LogP contribution < -0.4 is 0 Å². The second kappa shape index (κ2) is 5.87. The van der Waals surface area contributed by atoms with Gasteiger partial charge in [0, 0.05) is 11.5 Å². The molecular formula is C14H14O4. The van der Waals surface area contributed by atoms with Crippen LogP contribution in [0.3, 0.4) is 0 Å². The third kappa shape index (κ3) is 3.36. The highest BCUT2D eigenvalue weighted by Crippen LogP contribution is 2.16. The van der Waals surface area contributed by atoms with E-state index in [-0.39, 0.29) is 12.2 Å². The highest BCUT2D eigenvalue weighted by molar-refractivity contribution is 5.92. The Morgan fingerprint density at radius 2 is 1.83 bits per heavy atom. The maximum absolute atomic E-state index is 11.1. The van der Waals surface area contributed by atoms with E-state index in [1.807, 2.05) is 0 Å². The fourth-order valence-corrected chi connectivity index (χ4v) is 1.66. The molecule has 4 nitrogen and oxygen atoms in total. The second-order valence-corrected chi connectivity index (χ2v) is 3.76. The van der Waals surface area contributed by atoms with Crippen LogP contribution in [-0.2, 0) is 9.53 Å². The van der Waals surface area contributed by atoms with Gasteiger partial charge >= 0.3 is 11.9 Å². The van der Waals surface area contributed by atoms with Crippen LogP contribution in [0.5, 0.6) is 0 Å². The predicted molar refractivity (Wildman–Crippen MR) is 66.4 cm³/mol. The van der Waals surface area contributed by atoms with E-state index in [0.717, 1.165) is 0 Å². The number of aromatic carboxylic acids is 1. The summed E-state index contributed by atoms with van der Waals surface area (Å²) in [6.07, 6.45) is 0. The summed E-state index contributed by atoms with van der Waals surface area (Å²) in [5.41, 5.74) is 2.12. The van der Waals surface area contributed by atoms with Gasteiger partial charge in [-0.05, 0) is 44.0 Å². The molecule has 0 saturated heterocycles. The van der Waals surface area contributed by atoms with E-state index in [1.165, 1.54) is 0 Å². The molecular weight excluding hydrogens is 232 g/mol. The quantitative estimate of drug-likeness (QED) is 0.639. The number of carbonyl (C=O) groups excluding carboxylic acids is 1. The smallest absolute Gasteiger partial charge is 0.384 e. The number of hydrogen-bond acceptors (Lipinski definition) is 3. The Hall–Kier alpha value is -2.28. The molecule has 18 heavy (non-hydrogen) atoms. The number of benzene rings is 1. The number of carbonyl (C=O) groups is 2. The molecule has 1 rings (SSSR count). The molecule has 4 heteroatoms. The van der Waals surface area contributed by atoms with Crippen molar-refractivity contribution in [2.45, 2.75) is 20.8 Å². The summed E-state index contributed by atoms with van der Waals surface area (Å²) in [4.78, 5) is 22.1. The van der Waals surface area contributed by atoms with Gasteiger partial charge in [0.1, 0.15) is 0 Å². The lowest BCUT2D eigenvalue weighted by molar-refractivity contribution is -0.136. The van der Waals surface area contributed by atoms with E-state index in [9.17, 15) is 9.59 Å². The summed E-state index contributed by atoms with van der Waals surface area (Å²) in [6.45, 7) is 5.39. The predicted octanol–water partition coefficient (Wildman–Crippen LogP) is 1.92. The minimum atomic E-state index is -0.963. The lowest BCUT2D eigenvalue weighted by atomic mass is 9.99. The van der Waals surface area contributed by atoms with Crippen molar-refractivity contribution >= 4 is 11.9 Å². The van der Waals surface area contributed by atoms with Gasteiger partial charge in [-0.1, -0.05) is 5.92 Å². The SMILES string of the molecule is CCOC(=O)C#Cc1cc(C)c(C(=O)O)c(C)c1. The van der Waals surface area contributed by atoms with E-state index in [1.54, 1.807) is 32.9 Å². The van der Waals surface area contributed by atoms with Crippen molar-refractivity contribution in [1.29, 1.82) is 0 Å². The van der Waals surface area contributed by atoms with Crippen molar-refractivity contribution < 1.29 is 19.4 Å². The Bertz CT molecular complexity index is 524. The molecule has 0 saturated carbocycles.